The van der Waals surface area contributed by atoms with E-state index in [0.717, 1.165) is 49.7 Å². The van der Waals surface area contributed by atoms with Gasteiger partial charge in [-0.2, -0.15) is 0 Å². The molecular weight excluding hydrogens is 570 g/mol. The van der Waals surface area contributed by atoms with Crippen molar-refractivity contribution in [3.8, 4) is 0 Å². The summed E-state index contributed by atoms with van der Waals surface area (Å²) in [7, 11) is 1.24. The Hall–Kier alpha value is -3.59. The topological polar surface area (TPSA) is 114 Å². The summed E-state index contributed by atoms with van der Waals surface area (Å²) in [6.07, 6.45) is 5.78. The molecule has 1 fully saturated rings. The molecule has 0 spiro atoms. The number of likely N-dealkylation sites (N-methyl/N-ethyl adjacent to an activating group) is 1. The van der Waals surface area contributed by atoms with E-state index in [0.29, 0.717) is 24.5 Å². The summed E-state index contributed by atoms with van der Waals surface area (Å²) < 4.78 is 10.3. The minimum absolute atomic E-state index is 0.00470. The van der Waals surface area contributed by atoms with Crippen LogP contribution in [0.25, 0.3) is 0 Å². The monoisotopic (exact) mass is 613 g/mol. The molecule has 0 unspecified atom stereocenters. The Balaban J connectivity index is 1.61. The van der Waals surface area contributed by atoms with Gasteiger partial charge in [0.2, 0.25) is 11.8 Å². The smallest absolute Gasteiger partial charge is 0.408 e. The number of amides is 3. The highest BCUT2D eigenvalue weighted by Crippen LogP contribution is 2.27. The van der Waals surface area contributed by atoms with E-state index in [-0.39, 0.29) is 31.3 Å². The molecule has 0 aromatic heterocycles. The van der Waals surface area contributed by atoms with Crippen molar-refractivity contribution >= 4 is 35.5 Å². The van der Waals surface area contributed by atoms with Crippen molar-refractivity contribution in [2.24, 2.45) is 5.92 Å². The number of carbonyl (C=O) groups is 4. The number of hydrogen-bond acceptors (Lipinski definition) is 6. The van der Waals surface area contributed by atoms with E-state index in [2.05, 4.69) is 10.6 Å². The summed E-state index contributed by atoms with van der Waals surface area (Å²) >= 11 is 6.02. The number of rotatable bonds is 15. The Morgan fingerprint density at radius 1 is 0.953 bits per heavy atom. The molecular formula is C33H44ClN3O6. The van der Waals surface area contributed by atoms with Crippen LogP contribution in [0.15, 0.2) is 54.6 Å². The van der Waals surface area contributed by atoms with Gasteiger partial charge in [0.15, 0.2) is 0 Å². The van der Waals surface area contributed by atoms with Crippen molar-refractivity contribution in [2.45, 2.75) is 83.4 Å². The second-order valence-corrected chi connectivity index (χ2v) is 11.4. The van der Waals surface area contributed by atoms with Crippen LogP contribution in [-0.2, 0) is 36.9 Å². The number of hydrogen-bond donors (Lipinski definition) is 2. The number of halogens is 1. The van der Waals surface area contributed by atoms with Crippen LogP contribution in [-0.4, -0.2) is 61.1 Å². The van der Waals surface area contributed by atoms with Crippen LogP contribution >= 0.6 is 11.6 Å². The van der Waals surface area contributed by atoms with Crippen molar-refractivity contribution in [3.63, 3.8) is 0 Å². The molecule has 2 aromatic rings. The lowest BCUT2D eigenvalue weighted by Crippen LogP contribution is -2.52. The third kappa shape index (κ3) is 11.9. The average molecular weight is 614 g/mol. The molecule has 10 heteroatoms. The number of esters is 1. The molecule has 2 atom stereocenters. The molecule has 43 heavy (non-hydrogen) atoms. The van der Waals surface area contributed by atoms with Crippen LogP contribution in [0.4, 0.5) is 4.79 Å². The zero-order valence-electron chi connectivity index (χ0n) is 25.2. The molecule has 9 nitrogen and oxygen atoms in total. The number of benzene rings is 2. The van der Waals surface area contributed by atoms with Crippen molar-refractivity contribution in [1.82, 2.24) is 15.5 Å². The van der Waals surface area contributed by atoms with Gasteiger partial charge in [0.05, 0.1) is 7.11 Å². The van der Waals surface area contributed by atoms with Crippen molar-refractivity contribution in [3.05, 3.63) is 70.7 Å². The maximum atomic E-state index is 13.5. The van der Waals surface area contributed by atoms with E-state index in [9.17, 15) is 19.2 Å². The molecule has 3 rings (SSSR count). The lowest BCUT2D eigenvalue weighted by atomic mass is 9.84. The highest BCUT2D eigenvalue weighted by Gasteiger charge is 2.31. The summed E-state index contributed by atoms with van der Waals surface area (Å²) in [5, 5.41) is 5.97. The van der Waals surface area contributed by atoms with Crippen LogP contribution in [0, 0.1) is 5.92 Å². The fourth-order valence-electron chi connectivity index (χ4n) is 5.40. The first-order valence-electron chi connectivity index (χ1n) is 15.2. The average Bonchev–Trinajstić information content (AvgIpc) is 3.02. The summed E-state index contributed by atoms with van der Waals surface area (Å²) in [4.78, 5) is 53.6. The molecule has 3 amide bonds. The zero-order valence-corrected chi connectivity index (χ0v) is 25.9. The third-order valence-corrected chi connectivity index (χ3v) is 8.09. The molecule has 0 saturated heterocycles. The lowest BCUT2D eigenvalue weighted by Gasteiger charge is -2.28. The molecule has 0 radical (unpaired) electrons. The SMILES string of the molecule is CCN(CCc1ccccc1)C(=O)CC[C@H](NC(=O)[C@H](CC1CCCCC1)NC(=O)OCc1cccc(Cl)c1)C(=O)OC. The molecule has 0 heterocycles. The van der Waals surface area contributed by atoms with Crippen LogP contribution in [0.5, 0.6) is 0 Å². The largest absolute Gasteiger partial charge is 0.467 e. The van der Waals surface area contributed by atoms with Gasteiger partial charge in [0.25, 0.3) is 0 Å². The first-order chi connectivity index (χ1) is 20.8. The van der Waals surface area contributed by atoms with Crippen molar-refractivity contribution in [2.75, 3.05) is 20.2 Å². The first-order valence-corrected chi connectivity index (χ1v) is 15.5. The van der Waals surface area contributed by atoms with E-state index < -0.39 is 30.1 Å². The number of ether oxygens (including phenoxy) is 2. The maximum Gasteiger partial charge on any atom is 0.408 e. The number of carbonyl (C=O) groups excluding carboxylic acids is 4. The van der Waals surface area contributed by atoms with E-state index in [1.54, 1.807) is 29.2 Å². The number of alkyl carbamates (subject to hydrolysis) is 1. The molecule has 1 saturated carbocycles. The number of nitrogens with zero attached hydrogens (tertiary/aromatic N) is 1. The van der Waals surface area contributed by atoms with Crippen LogP contribution in [0.1, 0.15) is 69.4 Å². The molecule has 234 valence electrons. The summed E-state index contributed by atoms with van der Waals surface area (Å²) in [5.74, 6) is -1.00. The number of nitrogens with one attached hydrogen (secondary N) is 2. The summed E-state index contributed by atoms with van der Waals surface area (Å²) in [6.45, 7) is 3.00. The van der Waals surface area contributed by atoms with Gasteiger partial charge in [-0.3, -0.25) is 9.59 Å². The van der Waals surface area contributed by atoms with Gasteiger partial charge < -0.3 is 25.0 Å². The summed E-state index contributed by atoms with van der Waals surface area (Å²) in [5.41, 5.74) is 1.85. The predicted molar refractivity (Wildman–Crippen MR) is 165 cm³/mol. The van der Waals surface area contributed by atoms with Gasteiger partial charge in [-0.15, -0.1) is 0 Å². The molecule has 0 aliphatic heterocycles. The second kappa shape index (κ2) is 18.2. The minimum atomic E-state index is -1.03. The standard InChI is InChI=1S/C33H44ClN3O6/c1-3-37(20-19-24-11-6-4-7-12-24)30(38)18-17-28(32(40)42-2)35-31(39)29(22-25-13-8-5-9-14-25)36-33(41)43-23-26-15-10-16-27(34)21-26/h4,6-7,10-12,15-16,21,25,28-29H,3,5,8-9,13-14,17-20,22-23H2,1-2H3,(H,35,39)(H,36,41)/t28-,29-/m0/s1. The highest BCUT2D eigenvalue weighted by atomic mass is 35.5. The quantitative estimate of drug-likeness (QED) is 0.259. The van der Waals surface area contributed by atoms with E-state index in [4.69, 9.17) is 21.1 Å². The molecule has 1 aliphatic rings. The Kier molecular flexibility index (Phi) is 14.3. The number of methoxy groups -OCH3 is 1. The Labute approximate surface area is 259 Å². The highest BCUT2D eigenvalue weighted by molar-refractivity contribution is 6.30. The normalized spacial score (nSPS) is 14.7. The van der Waals surface area contributed by atoms with E-state index in [1.807, 2.05) is 37.3 Å². The second-order valence-electron chi connectivity index (χ2n) is 11.0. The first kappa shape index (κ1) is 33.9. The Bertz CT molecular complexity index is 1190. The Morgan fingerprint density at radius 2 is 1.67 bits per heavy atom. The Morgan fingerprint density at radius 3 is 2.35 bits per heavy atom. The molecule has 0 bridgehead atoms. The third-order valence-electron chi connectivity index (χ3n) is 7.86. The summed E-state index contributed by atoms with van der Waals surface area (Å²) in [6, 6.07) is 15.0. The molecule has 2 aromatic carbocycles. The lowest BCUT2D eigenvalue weighted by molar-refractivity contribution is -0.145. The van der Waals surface area contributed by atoms with Crippen LogP contribution in [0.3, 0.4) is 0 Å². The van der Waals surface area contributed by atoms with Gasteiger partial charge in [0.1, 0.15) is 18.7 Å². The van der Waals surface area contributed by atoms with Gasteiger partial charge >= 0.3 is 12.1 Å². The van der Waals surface area contributed by atoms with Crippen molar-refractivity contribution in [1.29, 1.82) is 0 Å². The fourth-order valence-corrected chi connectivity index (χ4v) is 5.62. The minimum Gasteiger partial charge on any atom is -0.467 e. The van der Waals surface area contributed by atoms with E-state index >= 15 is 0 Å². The van der Waals surface area contributed by atoms with Crippen molar-refractivity contribution < 1.29 is 28.7 Å². The fraction of sp³-hybridized carbons (Fsp3) is 0.515. The van der Waals surface area contributed by atoms with E-state index in [1.165, 1.54) is 7.11 Å². The predicted octanol–water partition coefficient (Wildman–Crippen LogP) is 5.43. The van der Waals surface area contributed by atoms with Gasteiger partial charge in [0, 0.05) is 24.5 Å². The molecule has 1 aliphatic carbocycles. The van der Waals surface area contributed by atoms with Crippen LogP contribution in [0.2, 0.25) is 5.02 Å². The van der Waals surface area contributed by atoms with Crippen LogP contribution < -0.4 is 10.6 Å². The molecule has 2 N–H and O–H groups in total. The van der Waals surface area contributed by atoms with Gasteiger partial charge in [-0.25, -0.2) is 9.59 Å². The van der Waals surface area contributed by atoms with Gasteiger partial charge in [-0.05, 0) is 55.4 Å². The zero-order chi connectivity index (χ0) is 31.0. The van der Waals surface area contributed by atoms with Gasteiger partial charge in [-0.1, -0.05) is 86.2 Å². The maximum absolute atomic E-state index is 13.5.